The highest BCUT2D eigenvalue weighted by atomic mass is 15.1. The molecule has 15 heavy (non-hydrogen) atoms. The summed E-state index contributed by atoms with van der Waals surface area (Å²) in [5.41, 5.74) is 6.83. The SMILES string of the molecule is CCCCCC(C)n1cncc1CCN. The van der Waals surface area contributed by atoms with Gasteiger partial charge >= 0.3 is 0 Å². The van der Waals surface area contributed by atoms with E-state index in [9.17, 15) is 0 Å². The number of unbranched alkanes of at least 4 members (excludes halogenated alkanes) is 2. The van der Waals surface area contributed by atoms with Crippen molar-refractivity contribution in [1.29, 1.82) is 0 Å². The lowest BCUT2D eigenvalue weighted by atomic mass is 10.1. The van der Waals surface area contributed by atoms with E-state index in [0.29, 0.717) is 12.6 Å². The van der Waals surface area contributed by atoms with Crippen LogP contribution in [0.25, 0.3) is 0 Å². The average Bonchev–Trinajstić information content (AvgIpc) is 2.67. The third-order valence-corrected chi connectivity index (χ3v) is 2.85. The van der Waals surface area contributed by atoms with Gasteiger partial charge in [0, 0.05) is 24.4 Å². The van der Waals surface area contributed by atoms with E-state index in [1.54, 1.807) is 0 Å². The van der Waals surface area contributed by atoms with Crippen molar-refractivity contribution >= 4 is 0 Å². The summed E-state index contributed by atoms with van der Waals surface area (Å²) in [7, 11) is 0. The van der Waals surface area contributed by atoms with Crippen LogP contribution in [0.2, 0.25) is 0 Å². The first-order chi connectivity index (χ1) is 7.29. The Labute approximate surface area is 92.7 Å². The Balaban J connectivity index is 2.48. The van der Waals surface area contributed by atoms with Crippen molar-refractivity contribution < 1.29 is 0 Å². The maximum Gasteiger partial charge on any atom is 0.0950 e. The molecule has 0 aliphatic heterocycles. The van der Waals surface area contributed by atoms with Crippen LogP contribution in [0.3, 0.4) is 0 Å². The molecule has 0 spiro atoms. The van der Waals surface area contributed by atoms with E-state index < -0.39 is 0 Å². The zero-order valence-electron chi connectivity index (χ0n) is 9.95. The van der Waals surface area contributed by atoms with Gasteiger partial charge in [0.1, 0.15) is 0 Å². The van der Waals surface area contributed by atoms with Crippen molar-refractivity contribution in [3.05, 3.63) is 18.2 Å². The maximum absolute atomic E-state index is 5.57. The van der Waals surface area contributed by atoms with Crippen LogP contribution >= 0.6 is 0 Å². The van der Waals surface area contributed by atoms with Gasteiger partial charge in [0.2, 0.25) is 0 Å². The molecule has 1 rings (SSSR count). The standard InChI is InChI=1S/C12H23N3/c1-3-4-5-6-11(2)15-10-14-9-12(15)7-8-13/h9-11H,3-8,13H2,1-2H3. The van der Waals surface area contributed by atoms with Crippen molar-refractivity contribution in [2.45, 2.75) is 52.0 Å². The summed E-state index contributed by atoms with van der Waals surface area (Å²) in [6.07, 6.45) is 9.94. The summed E-state index contributed by atoms with van der Waals surface area (Å²) >= 11 is 0. The number of hydrogen-bond donors (Lipinski definition) is 1. The maximum atomic E-state index is 5.57. The lowest BCUT2D eigenvalue weighted by Gasteiger charge is -2.16. The minimum atomic E-state index is 0.556. The number of hydrogen-bond acceptors (Lipinski definition) is 2. The highest BCUT2D eigenvalue weighted by molar-refractivity contribution is 5.00. The van der Waals surface area contributed by atoms with Gasteiger partial charge < -0.3 is 10.3 Å². The van der Waals surface area contributed by atoms with Gasteiger partial charge in [-0.2, -0.15) is 0 Å². The van der Waals surface area contributed by atoms with Gasteiger partial charge in [-0.3, -0.25) is 0 Å². The van der Waals surface area contributed by atoms with Gasteiger partial charge in [0.05, 0.1) is 6.33 Å². The quantitative estimate of drug-likeness (QED) is 0.701. The molecule has 3 nitrogen and oxygen atoms in total. The number of rotatable bonds is 7. The Bertz CT molecular complexity index is 268. The molecule has 0 saturated carbocycles. The summed E-state index contributed by atoms with van der Waals surface area (Å²) in [5, 5.41) is 0. The molecule has 0 bridgehead atoms. The van der Waals surface area contributed by atoms with Gasteiger partial charge in [-0.15, -0.1) is 0 Å². The average molecular weight is 209 g/mol. The van der Waals surface area contributed by atoms with Crippen LogP contribution in [0.1, 0.15) is 51.3 Å². The highest BCUT2D eigenvalue weighted by Gasteiger charge is 2.08. The van der Waals surface area contributed by atoms with E-state index >= 15 is 0 Å². The Kier molecular flexibility index (Phi) is 5.40. The molecular formula is C12H23N3. The summed E-state index contributed by atoms with van der Waals surface area (Å²) in [6, 6.07) is 0.556. The highest BCUT2D eigenvalue weighted by Crippen LogP contribution is 2.17. The van der Waals surface area contributed by atoms with Gasteiger partial charge in [-0.05, 0) is 19.9 Å². The number of aromatic nitrogens is 2. The first-order valence-electron chi connectivity index (χ1n) is 6.00. The van der Waals surface area contributed by atoms with Crippen LogP contribution in [0.15, 0.2) is 12.5 Å². The molecule has 3 heteroatoms. The Morgan fingerprint density at radius 3 is 2.93 bits per heavy atom. The predicted molar refractivity (Wildman–Crippen MR) is 63.8 cm³/mol. The normalized spacial score (nSPS) is 13.0. The molecule has 0 radical (unpaired) electrons. The lowest BCUT2D eigenvalue weighted by molar-refractivity contribution is 0.465. The van der Waals surface area contributed by atoms with E-state index in [0.717, 1.165) is 6.42 Å². The van der Waals surface area contributed by atoms with Gasteiger partial charge in [-0.1, -0.05) is 26.2 Å². The smallest absolute Gasteiger partial charge is 0.0950 e. The summed E-state index contributed by atoms with van der Waals surface area (Å²) < 4.78 is 2.27. The minimum Gasteiger partial charge on any atom is -0.332 e. The second-order valence-corrected chi connectivity index (χ2v) is 4.18. The van der Waals surface area contributed by atoms with Crippen molar-refractivity contribution in [3.8, 4) is 0 Å². The van der Waals surface area contributed by atoms with Crippen molar-refractivity contribution in [2.24, 2.45) is 5.73 Å². The van der Waals surface area contributed by atoms with E-state index in [1.807, 2.05) is 12.5 Å². The molecule has 1 heterocycles. The fraction of sp³-hybridized carbons (Fsp3) is 0.750. The molecule has 0 saturated heterocycles. The lowest BCUT2D eigenvalue weighted by Crippen LogP contribution is -2.11. The molecule has 1 atom stereocenters. The number of nitrogens with zero attached hydrogens (tertiary/aromatic N) is 2. The Hall–Kier alpha value is -0.830. The third-order valence-electron chi connectivity index (χ3n) is 2.85. The van der Waals surface area contributed by atoms with E-state index in [1.165, 1.54) is 31.4 Å². The van der Waals surface area contributed by atoms with Crippen LogP contribution in [0, 0.1) is 0 Å². The molecule has 0 amide bonds. The van der Waals surface area contributed by atoms with Crippen molar-refractivity contribution in [3.63, 3.8) is 0 Å². The third kappa shape index (κ3) is 3.67. The largest absolute Gasteiger partial charge is 0.332 e. The Morgan fingerprint density at radius 1 is 1.47 bits per heavy atom. The fourth-order valence-electron chi connectivity index (χ4n) is 1.90. The number of imidazole rings is 1. The van der Waals surface area contributed by atoms with Crippen molar-refractivity contribution in [1.82, 2.24) is 9.55 Å². The molecular weight excluding hydrogens is 186 g/mol. The fourth-order valence-corrected chi connectivity index (χ4v) is 1.90. The number of nitrogens with two attached hydrogens (primary N) is 1. The van der Waals surface area contributed by atoms with Crippen LogP contribution < -0.4 is 5.73 Å². The van der Waals surface area contributed by atoms with Crippen LogP contribution in [-0.4, -0.2) is 16.1 Å². The van der Waals surface area contributed by atoms with Crippen LogP contribution in [-0.2, 0) is 6.42 Å². The van der Waals surface area contributed by atoms with Crippen molar-refractivity contribution in [2.75, 3.05) is 6.54 Å². The second kappa shape index (κ2) is 6.62. The molecule has 1 unspecified atom stereocenters. The minimum absolute atomic E-state index is 0.556. The van der Waals surface area contributed by atoms with E-state index in [-0.39, 0.29) is 0 Å². The molecule has 86 valence electrons. The monoisotopic (exact) mass is 209 g/mol. The first kappa shape index (κ1) is 12.2. The zero-order valence-corrected chi connectivity index (χ0v) is 9.95. The second-order valence-electron chi connectivity index (χ2n) is 4.18. The molecule has 0 aromatic carbocycles. The summed E-state index contributed by atoms with van der Waals surface area (Å²) in [4.78, 5) is 4.20. The van der Waals surface area contributed by atoms with Crippen LogP contribution in [0.5, 0.6) is 0 Å². The zero-order chi connectivity index (χ0) is 11.1. The Morgan fingerprint density at radius 2 is 2.27 bits per heavy atom. The van der Waals surface area contributed by atoms with Gasteiger partial charge in [-0.25, -0.2) is 4.98 Å². The van der Waals surface area contributed by atoms with Gasteiger partial charge in [0.25, 0.3) is 0 Å². The molecule has 0 aliphatic carbocycles. The predicted octanol–water partition coefficient (Wildman–Crippen LogP) is 2.53. The summed E-state index contributed by atoms with van der Waals surface area (Å²) in [6.45, 7) is 5.20. The topological polar surface area (TPSA) is 43.8 Å². The molecule has 1 aromatic rings. The summed E-state index contributed by atoms with van der Waals surface area (Å²) in [5.74, 6) is 0. The molecule has 2 N–H and O–H groups in total. The first-order valence-corrected chi connectivity index (χ1v) is 6.00. The van der Waals surface area contributed by atoms with E-state index in [2.05, 4.69) is 23.4 Å². The molecule has 1 aromatic heterocycles. The van der Waals surface area contributed by atoms with E-state index in [4.69, 9.17) is 5.73 Å². The van der Waals surface area contributed by atoms with Gasteiger partial charge in [0.15, 0.2) is 0 Å². The molecule has 0 fully saturated rings. The van der Waals surface area contributed by atoms with Crippen LogP contribution in [0.4, 0.5) is 0 Å². The molecule has 0 aliphatic rings.